The summed E-state index contributed by atoms with van der Waals surface area (Å²) in [4.78, 5) is 11.2. The highest BCUT2D eigenvalue weighted by Crippen LogP contribution is 2.60. The van der Waals surface area contributed by atoms with Crippen molar-refractivity contribution >= 4 is 5.97 Å². The Morgan fingerprint density at radius 2 is 2.26 bits per heavy atom. The molecule has 5 atom stereocenters. The summed E-state index contributed by atoms with van der Waals surface area (Å²) in [6, 6.07) is 5.84. The Balaban J connectivity index is 1.67. The van der Waals surface area contributed by atoms with E-state index >= 15 is 0 Å². The molecule has 0 radical (unpaired) electrons. The highest BCUT2D eigenvalue weighted by Gasteiger charge is 2.54. The first-order valence-electron chi connectivity index (χ1n) is 10.1. The monoisotopic (exact) mass is 317 g/mol. The number of benzene rings is 1. The number of carbonyl (C=O) groups is 1. The Labute approximate surface area is 142 Å². The molecule has 124 valence electrons. The average molecular weight is 317 g/mol. The van der Waals surface area contributed by atoms with Crippen LogP contribution < -0.4 is 4.74 Å². The number of aryl methyl sites for hydroxylation is 1. The summed E-state index contributed by atoms with van der Waals surface area (Å²) in [6.45, 7) is 3.30. The van der Waals surface area contributed by atoms with Crippen LogP contribution in [0.25, 0.3) is 0 Å². The highest BCUT2D eigenvalue weighted by atomic mass is 16.5. The Morgan fingerprint density at radius 3 is 3.04 bits per heavy atom. The SMILES string of the molecule is [2H]C1([2H])C[C@H]2[C@@H]3CCc4cc(OC(C)=O)ccc4[C@H]3CC[C@]2(C)[C@@]1([2H])O. The van der Waals surface area contributed by atoms with Gasteiger partial charge >= 0.3 is 5.97 Å². The van der Waals surface area contributed by atoms with E-state index in [9.17, 15) is 9.90 Å². The van der Waals surface area contributed by atoms with Gasteiger partial charge < -0.3 is 9.84 Å². The molecule has 1 aromatic rings. The van der Waals surface area contributed by atoms with Crippen molar-refractivity contribution in [3.05, 3.63) is 29.3 Å². The van der Waals surface area contributed by atoms with Crippen molar-refractivity contribution in [1.82, 2.24) is 0 Å². The minimum atomic E-state index is -2.03. The maximum atomic E-state index is 11.2. The summed E-state index contributed by atoms with van der Waals surface area (Å²) in [5.74, 6) is 0.881. The molecule has 0 heterocycles. The maximum absolute atomic E-state index is 11.2. The number of hydrogen-bond donors (Lipinski definition) is 1. The van der Waals surface area contributed by atoms with E-state index in [-0.39, 0.29) is 24.2 Å². The first-order chi connectivity index (χ1) is 12.1. The highest BCUT2D eigenvalue weighted by molar-refractivity contribution is 5.69. The predicted octanol–water partition coefficient (Wildman–Crippen LogP) is 3.83. The van der Waals surface area contributed by atoms with E-state index in [1.165, 1.54) is 18.1 Å². The van der Waals surface area contributed by atoms with E-state index < -0.39 is 17.9 Å². The fraction of sp³-hybridized carbons (Fsp3) is 0.650. The first kappa shape index (κ1) is 12.1. The molecule has 4 rings (SSSR count). The summed E-state index contributed by atoms with van der Waals surface area (Å²) in [6.07, 6.45) is -0.356. The quantitative estimate of drug-likeness (QED) is 0.632. The lowest BCUT2D eigenvalue weighted by atomic mass is 9.55. The van der Waals surface area contributed by atoms with Crippen molar-refractivity contribution in [3.63, 3.8) is 0 Å². The molecular formula is C20H26O3. The predicted molar refractivity (Wildman–Crippen MR) is 88.4 cm³/mol. The third-order valence-corrected chi connectivity index (χ3v) is 6.38. The largest absolute Gasteiger partial charge is 0.427 e. The van der Waals surface area contributed by atoms with E-state index in [0.717, 1.165) is 19.3 Å². The standard InChI is InChI=1S/C20H26O3/c1-12(21)23-14-4-6-15-13(11-14)3-5-17-16(15)9-10-20(2)18(17)7-8-19(20)22/h4,6,11,16-19,22H,3,5,7-10H2,1-2H3/t16-,17-,18+,19+,20+/m1/s1/i8D2,19D. The molecule has 0 bridgehead atoms. The van der Waals surface area contributed by atoms with E-state index in [0.29, 0.717) is 18.1 Å². The van der Waals surface area contributed by atoms with Gasteiger partial charge in [-0.1, -0.05) is 13.0 Å². The Morgan fingerprint density at radius 1 is 1.43 bits per heavy atom. The number of carbonyl (C=O) groups excluding carboxylic acids is 1. The van der Waals surface area contributed by atoms with Gasteiger partial charge in [-0.2, -0.15) is 0 Å². The van der Waals surface area contributed by atoms with Gasteiger partial charge in [-0.3, -0.25) is 4.79 Å². The second-order valence-corrected chi connectivity index (χ2v) is 7.56. The van der Waals surface area contributed by atoms with Gasteiger partial charge in [0.05, 0.1) is 7.45 Å². The van der Waals surface area contributed by atoms with E-state index in [1.807, 2.05) is 25.1 Å². The zero-order chi connectivity index (χ0) is 18.9. The van der Waals surface area contributed by atoms with E-state index in [2.05, 4.69) is 0 Å². The number of aliphatic hydroxyl groups is 1. The molecule has 3 heteroatoms. The molecule has 3 aliphatic carbocycles. The molecule has 0 aromatic heterocycles. The molecular weight excluding hydrogens is 288 g/mol. The van der Waals surface area contributed by atoms with Crippen LogP contribution in [0.2, 0.25) is 0 Å². The van der Waals surface area contributed by atoms with Crippen LogP contribution in [0.3, 0.4) is 0 Å². The molecule has 3 nitrogen and oxygen atoms in total. The number of ether oxygens (including phenoxy) is 1. The summed E-state index contributed by atoms with van der Waals surface area (Å²) in [5, 5.41) is 10.7. The van der Waals surface area contributed by atoms with Gasteiger partial charge in [0, 0.05) is 9.67 Å². The summed E-state index contributed by atoms with van der Waals surface area (Å²) in [5.41, 5.74) is 1.77. The molecule has 1 N–H and O–H groups in total. The Bertz CT molecular complexity index is 761. The van der Waals surface area contributed by atoms with Crippen LogP contribution in [0, 0.1) is 17.3 Å². The van der Waals surface area contributed by atoms with Gasteiger partial charge in [0.15, 0.2) is 0 Å². The minimum Gasteiger partial charge on any atom is -0.427 e. The number of hydrogen-bond acceptors (Lipinski definition) is 3. The second-order valence-electron chi connectivity index (χ2n) is 7.56. The third-order valence-electron chi connectivity index (χ3n) is 6.38. The van der Waals surface area contributed by atoms with Gasteiger partial charge in [0.2, 0.25) is 0 Å². The molecule has 2 fully saturated rings. The van der Waals surface area contributed by atoms with Crippen LogP contribution in [-0.2, 0) is 11.2 Å². The van der Waals surface area contributed by atoms with Crippen LogP contribution in [-0.4, -0.2) is 17.2 Å². The molecule has 0 spiro atoms. The lowest BCUT2D eigenvalue weighted by molar-refractivity contribution is -0.131. The van der Waals surface area contributed by atoms with Crippen LogP contribution in [0.4, 0.5) is 0 Å². The number of fused-ring (bicyclic) bond motifs is 5. The summed E-state index contributed by atoms with van der Waals surface area (Å²) in [7, 11) is 0. The first-order valence-corrected chi connectivity index (χ1v) is 8.60. The summed E-state index contributed by atoms with van der Waals surface area (Å²) >= 11 is 0. The average Bonchev–Trinajstić information content (AvgIpc) is 2.69. The molecule has 0 aliphatic heterocycles. The molecule has 0 saturated heterocycles. The van der Waals surface area contributed by atoms with Crippen LogP contribution in [0.15, 0.2) is 18.2 Å². The fourth-order valence-corrected chi connectivity index (χ4v) is 5.19. The van der Waals surface area contributed by atoms with Gasteiger partial charge in [-0.05, 0) is 84.9 Å². The van der Waals surface area contributed by atoms with Gasteiger partial charge in [-0.25, -0.2) is 0 Å². The van der Waals surface area contributed by atoms with Gasteiger partial charge in [0.1, 0.15) is 5.75 Å². The van der Waals surface area contributed by atoms with Crippen molar-refractivity contribution < 1.29 is 18.8 Å². The molecule has 3 aliphatic rings. The van der Waals surface area contributed by atoms with Crippen LogP contribution in [0.1, 0.15) is 67.1 Å². The second kappa shape index (κ2) is 5.34. The van der Waals surface area contributed by atoms with Crippen molar-refractivity contribution in [1.29, 1.82) is 0 Å². The summed E-state index contributed by atoms with van der Waals surface area (Å²) < 4.78 is 30.1. The molecule has 2 saturated carbocycles. The Hall–Kier alpha value is -1.35. The number of rotatable bonds is 1. The fourth-order valence-electron chi connectivity index (χ4n) is 5.19. The zero-order valence-electron chi connectivity index (χ0n) is 16.8. The topological polar surface area (TPSA) is 46.5 Å². The van der Waals surface area contributed by atoms with Crippen molar-refractivity contribution in [2.24, 2.45) is 17.3 Å². The lowest BCUT2D eigenvalue weighted by Crippen LogP contribution is -2.43. The van der Waals surface area contributed by atoms with E-state index in [1.54, 1.807) is 0 Å². The van der Waals surface area contributed by atoms with Crippen LogP contribution >= 0.6 is 0 Å². The molecule has 0 amide bonds. The van der Waals surface area contributed by atoms with Gasteiger partial charge in [-0.15, -0.1) is 0 Å². The zero-order valence-corrected chi connectivity index (χ0v) is 13.8. The Kier molecular flexibility index (Phi) is 2.80. The van der Waals surface area contributed by atoms with Crippen molar-refractivity contribution in [2.75, 3.05) is 0 Å². The maximum Gasteiger partial charge on any atom is 0.308 e. The molecule has 0 unspecified atom stereocenters. The normalized spacial score (nSPS) is 45.7. The lowest BCUT2D eigenvalue weighted by Gasteiger charge is -2.50. The van der Waals surface area contributed by atoms with Crippen LogP contribution in [0.5, 0.6) is 5.75 Å². The molecule has 23 heavy (non-hydrogen) atoms. The van der Waals surface area contributed by atoms with E-state index in [4.69, 9.17) is 8.85 Å². The van der Waals surface area contributed by atoms with Crippen molar-refractivity contribution in [3.8, 4) is 5.75 Å². The molecule has 1 aromatic carbocycles. The number of esters is 1. The minimum absolute atomic E-state index is 0.0139. The van der Waals surface area contributed by atoms with Gasteiger partial charge in [0.25, 0.3) is 0 Å². The smallest absolute Gasteiger partial charge is 0.308 e. The third kappa shape index (κ3) is 2.32. The van der Waals surface area contributed by atoms with Crippen molar-refractivity contribution in [2.45, 2.75) is 64.3 Å².